The van der Waals surface area contributed by atoms with Crippen LogP contribution in [0.25, 0.3) is 6.08 Å². The van der Waals surface area contributed by atoms with Crippen LogP contribution in [0.4, 0.5) is 20.2 Å². The van der Waals surface area contributed by atoms with E-state index >= 15 is 0 Å². The summed E-state index contributed by atoms with van der Waals surface area (Å²) >= 11 is 0. The molecule has 0 atom stereocenters. The smallest absolute Gasteiger partial charge is 0.287 e. The van der Waals surface area contributed by atoms with Crippen molar-refractivity contribution in [2.24, 2.45) is 0 Å². The van der Waals surface area contributed by atoms with Gasteiger partial charge in [-0.15, -0.1) is 0 Å². The highest BCUT2D eigenvalue weighted by molar-refractivity contribution is 5.61. The molecule has 3 rings (SSSR count). The quantitative estimate of drug-likeness (QED) is 0.603. The summed E-state index contributed by atoms with van der Waals surface area (Å²) in [4.78, 5) is 12.4. The third-order valence-electron chi connectivity index (χ3n) is 4.38. The molecule has 0 saturated carbocycles. The van der Waals surface area contributed by atoms with Gasteiger partial charge in [-0.1, -0.05) is 17.7 Å². The van der Waals surface area contributed by atoms with Crippen molar-refractivity contribution in [2.75, 3.05) is 18.0 Å². The van der Waals surface area contributed by atoms with Crippen LogP contribution in [-0.4, -0.2) is 18.0 Å². The Bertz CT molecular complexity index is 925. The number of anilines is 1. The van der Waals surface area contributed by atoms with Crippen LogP contribution < -0.4 is 4.90 Å². The van der Waals surface area contributed by atoms with Gasteiger partial charge in [0, 0.05) is 24.8 Å². The number of hydrogen-bond donors (Lipinski definition) is 0. The number of nitrogens with zero attached hydrogens (tertiary/aromatic N) is 3. The van der Waals surface area contributed by atoms with Gasteiger partial charge in [0.1, 0.15) is 11.6 Å². The van der Waals surface area contributed by atoms with Crippen LogP contribution in [0.1, 0.15) is 24.0 Å². The van der Waals surface area contributed by atoms with Gasteiger partial charge in [-0.3, -0.25) is 10.1 Å². The topological polar surface area (TPSA) is 70.2 Å². The molecule has 0 radical (unpaired) electrons. The van der Waals surface area contributed by atoms with Crippen LogP contribution >= 0.6 is 0 Å². The molecule has 0 spiro atoms. The molecule has 1 aliphatic heterocycles. The van der Waals surface area contributed by atoms with Crippen LogP contribution in [-0.2, 0) is 0 Å². The maximum Gasteiger partial charge on any atom is 0.287 e. The molecular weight excluding hydrogens is 340 g/mol. The van der Waals surface area contributed by atoms with Crippen LogP contribution in [0.2, 0.25) is 0 Å². The van der Waals surface area contributed by atoms with Crippen molar-refractivity contribution in [3.05, 3.63) is 74.8 Å². The number of halogens is 2. The minimum absolute atomic E-state index is 0.0376. The fourth-order valence-corrected chi connectivity index (χ4v) is 3.00. The molecule has 0 amide bonds. The van der Waals surface area contributed by atoms with Gasteiger partial charge < -0.3 is 4.90 Å². The summed E-state index contributed by atoms with van der Waals surface area (Å²) in [6, 6.07) is 10.2. The molecule has 2 aromatic rings. The Kier molecular flexibility index (Phi) is 4.94. The SMILES string of the molecule is N#Cc1cc(N2CCC(=Cc3ccc(F)c(F)c3)CC2)ccc1[N+](=O)[O-]. The molecule has 1 heterocycles. The molecule has 0 aliphatic carbocycles. The zero-order chi connectivity index (χ0) is 18.7. The van der Waals surface area contributed by atoms with Gasteiger partial charge >= 0.3 is 0 Å². The summed E-state index contributed by atoms with van der Waals surface area (Å²) in [6.45, 7) is 1.36. The number of piperidine rings is 1. The molecule has 0 aromatic heterocycles. The predicted molar refractivity (Wildman–Crippen MR) is 93.6 cm³/mol. The van der Waals surface area contributed by atoms with Crippen molar-refractivity contribution < 1.29 is 13.7 Å². The van der Waals surface area contributed by atoms with Crippen LogP contribution in [0.5, 0.6) is 0 Å². The number of nitro groups is 1. The molecule has 0 unspecified atom stereocenters. The van der Waals surface area contributed by atoms with E-state index in [9.17, 15) is 18.9 Å². The summed E-state index contributed by atoms with van der Waals surface area (Å²) in [5, 5.41) is 20.0. The van der Waals surface area contributed by atoms with E-state index in [0.717, 1.165) is 30.2 Å². The lowest BCUT2D eigenvalue weighted by Crippen LogP contribution is -2.30. The van der Waals surface area contributed by atoms with Crippen molar-refractivity contribution in [2.45, 2.75) is 12.8 Å². The Morgan fingerprint density at radius 1 is 1.12 bits per heavy atom. The van der Waals surface area contributed by atoms with Gasteiger partial charge in [0.15, 0.2) is 11.6 Å². The molecule has 2 aromatic carbocycles. The van der Waals surface area contributed by atoms with E-state index in [1.807, 2.05) is 17.0 Å². The van der Waals surface area contributed by atoms with Gasteiger partial charge in [-0.2, -0.15) is 5.26 Å². The lowest BCUT2D eigenvalue weighted by atomic mass is 10.00. The van der Waals surface area contributed by atoms with Gasteiger partial charge in [0.2, 0.25) is 0 Å². The predicted octanol–water partition coefficient (Wildman–Crippen LogP) is 4.43. The van der Waals surface area contributed by atoms with Crippen LogP contribution in [0, 0.1) is 33.1 Å². The van der Waals surface area contributed by atoms with E-state index in [0.29, 0.717) is 18.7 Å². The lowest BCUT2D eigenvalue weighted by Gasteiger charge is -2.30. The highest BCUT2D eigenvalue weighted by atomic mass is 19.2. The molecule has 1 fully saturated rings. The van der Waals surface area contributed by atoms with Gasteiger partial charge in [0.05, 0.1) is 4.92 Å². The number of rotatable bonds is 3. The number of hydrogen-bond acceptors (Lipinski definition) is 4. The average molecular weight is 355 g/mol. The second-order valence-corrected chi connectivity index (χ2v) is 6.03. The highest BCUT2D eigenvalue weighted by Gasteiger charge is 2.19. The third-order valence-corrected chi connectivity index (χ3v) is 4.38. The standard InChI is InChI=1S/C19H15F2N3O2/c20-17-3-1-14(10-18(17)21)9-13-5-7-23(8-6-13)16-2-4-19(24(25)26)15(11-16)12-22/h1-4,9-11H,5-8H2. The van der Waals surface area contributed by atoms with Gasteiger partial charge in [-0.25, -0.2) is 8.78 Å². The van der Waals surface area contributed by atoms with E-state index in [-0.39, 0.29) is 11.3 Å². The van der Waals surface area contributed by atoms with Gasteiger partial charge in [0.25, 0.3) is 5.69 Å². The Hall–Kier alpha value is -3.27. The molecule has 0 bridgehead atoms. The first-order valence-corrected chi connectivity index (χ1v) is 8.06. The molecule has 0 N–H and O–H groups in total. The first-order valence-electron chi connectivity index (χ1n) is 8.06. The summed E-state index contributed by atoms with van der Waals surface area (Å²) in [5.41, 5.74) is 2.34. The molecular formula is C19H15F2N3O2. The number of nitro benzene ring substituents is 1. The summed E-state index contributed by atoms with van der Waals surface area (Å²) in [5.74, 6) is -1.74. The fourth-order valence-electron chi connectivity index (χ4n) is 3.00. The third kappa shape index (κ3) is 3.70. The molecule has 1 saturated heterocycles. The summed E-state index contributed by atoms with van der Waals surface area (Å²) in [6.07, 6.45) is 3.33. The van der Waals surface area contributed by atoms with Crippen LogP contribution in [0.3, 0.4) is 0 Å². The monoisotopic (exact) mass is 355 g/mol. The molecule has 26 heavy (non-hydrogen) atoms. The lowest BCUT2D eigenvalue weighted by molar-refractivity contribution is -0.385. The zero-order valence-electron chi connectivity index (χ0n) is 13.8. The maximum absolute atomic E-state index is 13.3. The second kappa shape index (κ2) is 7.31. The zero-order valence-corrected chi connectivity index (χ0v) is 13.8. The Balaban J connectivity index is 1.72. The van der Waals surface area contributed by atoms with Crippen molar-refractivity contribution in [1.29, 1.82) is 5.26 Å². The van der Waals surface area contributed by atoms with Crippen molar-refractivity contribution in [3.63, 3.8) is 0 Å². The molecule has 1 aliphatic rings. The second-order valence-electron chi connectivity index (χ2n) is 6.03. The molecule has 132 valence electrons. The Morgan fingerprint density at radius 2 is 1.85 bits per heavy atom. The maximum atomic E-state index is 13.3. The Labute approximate surface area is 148 Å². The van der Waals surface area contributed by atoms with E-state index in [1.54, 1.807) is 6.07 Å². The fraction of sp³-hybridized carbons (Fsp3) is 0.211. The highest BCUT2D eigenvalue weighted by Crippen LogP contribution is 2.28. The molecule has 7 heteroatoms. The molecule has 5 nitrogen and oxygen atoms in total. The van der Waals surface area contributed by atoms with Crippen molar-refractivity contribution in [3.8, 4) is 6.07 Å². The summed E-state index contributed by atoms with van der Waals surface area (Å²) < 4.78 is 26.3. The minimum Gasteiger partial charge on any atom is -0.371 e. The minimum atomic E-state index is -0.869. The van der Waals surface area contributed by atoms with E-state index < -0.39 is 16.6 Å². The number of benzene rings is 2. The Morgan fingerprint density at radius 3 is 2.46 bits per heavy atom. The first-order chi connectivity index (χ1) is 12.5. The van der Waals surface area contributed by atoms with Crippen molar-refractivity contribution >= 4 is 17.5 Å². The van der Waals surface area contributed by atoms with E-state index in [1.165, 1.54) is 24.3 Å². The van der Waals surface area contributed by atoms with Crippen molar-refractivity contribution in [1.82, 2.24) is 0 Å². The normalized spacial score (nSPS) is 14.0. The number of nitriles is 1. The van der Waals surface area contributed by atoms with E-state index in [2.05, 4.69) is 0 Å². The largest absolute Gasteiger partial charge is 0.371 e. The van der Waals surface area contributed by atoms with Crippen LogP contribution in [0.15, 0.2) is 42.0 Å². The summed E-state index contributed by atoms with van der Waals surface area (Å²) in [7, 11) is 0. The first kappa shape index (κ1) is 17.5. The average Bonchev–Trinajstić information content (AvgIpc) is 2.64. The van der Waals surface area contributed by atoms with E-state index in [4.69, 9.17) is 5.26 Å². The van der Waals surface area contributed by atoms with Gasteiger partial charge in [-0.05, 0) is 42.7 Å².